The predicted molar refractivity (Wildman–Crippen MR) is 62.8 cm³/mol. The van der Waals surface area contributed by atoms with Crippen LogP contribution in [0.1, 0.15) is 12.5 Å². The van der Waals surface area contributed by atoms with Gasteiger partial charge in [-0.25, -0.2) is 0 Å². The summed E-state index contributed by atoms with van der Waals surface area (Å²) >= 11 is 3.24. The van der Waals surface area contributed by atoms with Crippen LogP contribution in [-0.2, 0) is 0 Å². The maximum Gasteiger partial charge on any atom is 0.271 e. The van der Waals surface area contributed by atoms with E-state index in [-0.39, 0.29) is 5.69 Å². The minimum Gasteiger partial charge on any atom is -0.384 e. The number of rotatable bonds is 4. The summed E-state index contributed by atoms with van der Waals surface area (Å²) in [5, 5.41) is 20.8. The second-order valence-electron chi connectivity index (χ2n) is 2.82. The molecule has 0 amide bonds. The van der Waals surface area contributed by atoms with Crippen molar-refractivity contribution >= 4 is 33.5 Å². The van der Waals surface area contributed by atoms with E-state index in [0.29, 0.717) is 22.3 Å². The number of nitro groups is 1. The second kappa shape index (κ2) is 4.88. The third-order valence-electron chi connectivity index (χ3n) is 1.83. The molecule has 0 aliphatic heterocycles. The molecule has 0 saturated heterocycles. The molecule has 0 aliphatic rings. The molecule has 0 bridgehead atoms. The molecule has 6 heteroatoms. The molecule has 0 heterocycles. The molecule has 0 fully saturated rings. The smallest absolute Gasteiger partial charge is 0.271 e. The van der Waals surface area contributed by atoms with Crippen molar-refractivity contribution in [1.29, 1.82) is 5.41 Å². The summed E-state index contributed by atoms with van der Waals surface area (Å²) < 4.78 is 0.594. The lowest BCUT2D eigenvalue weighted by molar-refractivity contribution is -0.384. The van der Waals surface area contributed by atoms with Crippen LogP contribution in [0.5, 0.6) is 0 Å². The zero-order valence-electron chi connectivity index (χ0n) is 8.08. The van der Waals surface area contributed by atoms with E-state index in [0.717, 1.165) is 6.21 Å². The normalized spacial score (nSPS) is 9.73. The minimum absolute atomic E-state index is 0.0259. The third-order valence-corrected chi connectivity index (χ3v) is 2.45. The van der Waals surface area contributed by atoms with E-state index in [1.54, 1.807) is 0 Å². The lowest BCUT2D eigenvalue weighted by Gasteiger charge is -2.09. The Morgan fingerprint density at radius 1 is 1.67 bits per heavy atom. The Morgan fingerprint density at radius 3 is 2.80 bits per heavy atom. The Labute approximate surface area is 95.3 Å². The molecule has 15 heavy (non-hydrogen) atoms. The van der Waals surface area contributed by atoms with Crippen molar-refractivity contribution in [3.63, 3.8) is 0 Å². The molecule has 0 spiro atoms. The average Bonchev–Trinajstić information content (AvgIpc) is 2.20. The van der Waals surface area contributed by atoms with E-state index in [1.165, 1.54) is 12.1 Å². The monoisotopic (exact) mass is 271 g/mol. The van der Waals surface area contributed by atoms with E-state index < -0.39 is 4.92 Å². The van der Waals surface area contributed by atoms with Crippen LogP contribution >= 0.6 is 15.9 Å². The molecule has 0 radical (unpaired) electrons. The number of hydrogen-bond acceptors (Lipinski definition) is 4. The molecule has 2 N–H and O–H groups in total. The van der Waals surface area contributed by atoms with E-state index in [2.05, 4.69) is 21.2 Å². The number of nitrogens with one attached hydrogen (secondary N) is 2. The van der Waals surface area contributed by atoms with Crippen LogP contribution in [0.25, 0.3) is 0 Å². The molecule has 5 nitrogen and oxygen atoms in total. The minimum atomic E-state index is -0.479. The van der Waals surface area contributed by atoms with Crippen molar-refractivity contribution in [2.45, 2.75) is 6.92 Å². The van der Waals surface area contributed by atoms with E-state index in [1.807, 2.05) is 6.92 Å². The maximum absolute atomic E-state index is 10.6. The number of anilines is 1. The molecule has 0 aliphatic carbocycles. The number of halogens is 1. The van der Waals surface area contributed by atoms with Crippen molar-refractivity contribution in [3.05, 3.63) is 32.3 Å². The first-order valence-corrected chi connectivity index (χ1v) is 5.11. The van der Waals surface area contributed by atoms with Gasteiger partial charge in [0, 0.05) is 34.9 Å². The van der Waals surface area contributed by atoms with Gasteiger partial charge in [0.05, 0.1) is 10.6 Å². The first kappa shape index (κ1) is 11.6. The number of non-ortho nitro benzene ring substituents is 1. The molecule has 0 aromatic heterocycles. The molecular formula is C9H10BrN3O2. The van der Waals surface area contributed by atoms with Gasteiger partial charge in [0.2, 0.25) is 0 Å². The highest BCUT2D eigenvalue weighted by molar-refractivity contribution is 9.10. The highest BCUT2D eigenvalue weighted by Crippen LogP contribution is 2.30. The van der Waals surface area contributed by atoms with E-state index >= 15 is 0 Å². The van der Waals surface area contributed by atoms with Crippen LogP contribution in [0.3, 0.4) is 0 Å². The summed E-state index contributed by atoms with van der Waals surface area (Å²) in [6.45, 7) is 2.61. The van der Waals surface area contributed by atoms with Crippen LogP contribution in [0.15, 0.2) is 16.6 Å². The Balaban J connectivity index is 3.30. The molecule has 0 unspecified atom stereocenters. The quantitative estimate of drug-likeness (QED) is 0.502. The highest BCUT2D eigenvalue weighted by Gasteiger charge is 2.13. The SMILES string of the molecule is CCNc1c(Br)cc([N+](=O)[O-])cc1C=N. The molecule has 1 aromatic carbocycles. The first-order chi connectivity index (χ1) is 7.10. The summed E-state index contributed by atoms with van der Waals surface area (Å²) in [4.78, 5) is 10.1. The summed E-state index contributed by atoms with van der Waals surface area (Å²) in [6.07, 6.45) is 1.09. The van der Waals surface area contributed by atoms with E-state index in [9.17, 15) is 10.1 Å². The van der Waals surface area contributed by atoms with Crippen molar-refractivity contribution in [2.24, 2.45) is 0 Å². The van der Waals surface area contributed by atoms with Crippen molar-refractivity contribution < 1.29 is 4.92 Å². The Kier molecular flexibility index (Phi) is 3.79. The fourth-order valence-electron chi connectivity index (χ4n) is 1.20. The maximum atomic E-state index is 10.6. The predicted octanol–water partition coefficient (Wildman–Crippen LogP) is 2.79. The molecule has 0 saturated carbocycles. The molecule has 1 rings (SSSR count). The van der Waals surface area contributed by atoms with Crippen molar-refractivity contribution in [2.75, 3.05) is 11.9 Å². The van der Waals surface area contributed by atoms with Crippen LogP contribution in [-0.4, -0.2) is 17.7 Å². The zero-order valence-corrected chi connectivity index (χ0v) is 9.67. The second-order valence-corrected chi connectivity index (χ2v) is 3.68. The topological polar surface area (TPSA) is 79.0 Å². The highest BCUT2D eigenvalue weighted by atomic mass is 79.9. The summed E-state index contributed by atoms with van der Waals surface area (Å²) in [7, 11) is 0. The summed E-state index contributed by atoms with van der Waals surface area (Å²) in [5.74, 6) is 0. The van der Waals surface area contributed by atoms with Crippen molar-refractivity contribution in [3.8, 4) is 0 Å². The van der Waals surface area contributed by atoms with E-state index in [4.69, 9.17) is 5.41 Å². The standard InChI is InChI=1S/C9H10BrN3O2/c1-2-12-9-6(5-11)3-7(13(14)15)4-8(9)10/h3-5,11-12H,2H2,1H3. The largest absolute Gasteiger partial charge is 0.384 e. The Bertz CT molecular complexity index is 407. The summed E-state index contributed by atoms with van der Waals surface area (Å²) in [6, 6.07) is 2.79. The number of nitrogens with zero attached hydrogens (tertiary/aromatic N) is 1. The van der Waals surface area contributed by atoms with Gasteiger partial charge in [-0.1, -0.05) is 0 Å². The first-order valence-electron chi connectivity index (χ1n) is 4.32. The number of nitro benzene ring substituents is 1. The molecule has 80 valence electrons. The molecule has 0 atom stereocenters. The van der Waals surface area contributed by atoms with Gasteiger partial charge in [0.25, 0.3) is 5.69 Å². The van der Waals surface area contributed by atoms with Crippen molar-refractivity contribution in [1.82, 2.24) is 0 Å². The lowest BCUT2D eigenvalue weighted by atomic mass is 10.1. The van der Waals surface area contributed by atoms with Gasteiger partial charge >= 0.3 is 0 Å². The van der Waals surface area contributed by atoms with Gasteiger partial charge in [0.1, 0.15) is 0 Å². The number of hydrogen-bond donors (Lipinski definition) is 2. The molecule has 1 aromatic rings. The number of benzene rings is 1. The lowest BCUT2D eigenvalue weighted by Crippen LogP contribution is -2.02. The van der Waals surface area contributed by atoms with Crippen LogP contribution in [0.4, 0.5) is 11.4 Å². The Morgan fingerprint density at radius 2 is 2.33 bits per heavy atom. The zero-order chi connectivity index (χ0) is 11.4. The third kappa shape index (κ3) is 2.53. The molecular weight excluding hydrogens is 262 g/mol. The van der Waals surface area contributed by atoms with Gasteiger partial charge in [0.15, 0.2) is 0 Å². The fraction of sp³-hybridized carbons (Fsp3) is 0.222. The van der Waals surface area contributed by atoms with Crippen LogP contribution in [0.2, 0.25) is 0 Å². The van der Waals surface area contributed by atoms with Crippen LogP contribution in [0, 0.1) is 15.5 Å². The van der Waals surface area contributed by atoms with Gasteiger partial charge < -0.3 is 10.7 Å². The average molecular weight is 272 g/mol. The van der Waals surface area contributed by atoms with Gasteiger partial charge in [-0.2, -0.15) is 0 Å². The Hall–Kier alpha value is -1.43. The van der Waals surface area contributed by atoms with Crippen LogP contribution < -0.4 is 5.32 Å². The summed E-state index contributed by atoms with van der Waals surface area (Å²) in [5.41, 5.74) is 1.18. The van der Waals surface area contributed by atoms with Gasteiger partial charge in [-0.3, -0.25) is 10.1 Å². The fourth-order valence-corrected chi connectivity index (χ4v) is 1.80. The van der Waals surface area contributed by atoms with Gasteiger partial charge in [-0.05, 0) is 22.9 Å². The van der Waals surface area contributed by atoms with Gasteiger partial charge in [-0.15, -0.1) is 0 Å².